The van der Waals surface area contributed by atoms with Crippen molar-refractivity contribution in [2.45, 2.75) is 19.3 Å². The fourth-order valence-corrected chi connectivity index (χ4v) is 4.58. The molecular weight excluding hydrogens is 396 g/mol. The Morgan fingerprint density at radius 3 is 2.45 bits per heavy atom. The van der Waals surface area contributed by atoms with Crippen LogP contribution in [0.3, 0.4) is 0 Å². The number of imide groups is 1. The van der Waals surface area contributed by atoms with Gasteiger partial charge in [0.15, 0.2) is 0 Å². The number of amides is 3. The largest absolute Gasteiger partial charge is 0.497 e. The summed E-state index contributed by atoms with van der Waals surface area (Å²) in [4.78, 5) is 40.9. The lowest BCUT2D eigenvalue weighted by Crippen LogP contribution is -2.52. The number of aliphatic hydroxyl groups excluding tert-OH is 1. The number of piperidine rings is 1. The number of aliphatic hydroxyl groups is 1. The Hall–Kier alpha value is -3.19. The minimum Gasteiger partial charge on any atom is -0.497 e. The molecule has 31 heavy (non-hydrogen) atoms. The zero-order valence-electron chi connectivity index (χ0n) is 17.5. The molecule has 7 nitrogen and oxygen atoms in total. The van der Waals surface area contributed by atoms with Crippen molar-refractivity contribution in [1.29, 1.82) is 0 Å². The first-order chi connectivity index (χ1) is 15.0. The molecule has 7 heteroatoms. The van der Waals surface area contributed by atoms with Crippen LogP contribution in [0.2, 0.25) is 0 Å². The fourth-order valence-electron chi connectivity index (χ4n) is 4.58. The molecule has 0 bridgehead atoms. The van der Waals surface area contributed by atoms with Gasteiger partial charge in [-0.1, -0.05) is 24.3 Å². The van der Waals surface area contributed by atoms with E-state index in [0.29, 0.717) is 30.6 Å². The molecule has 2 aromatic carbocycles. The average molecular weight is 422 g/mol. The van der Waals surface area contributed by atoms with E-state index in [1.165, 1.54) is 0 Å². The number of likely N-dealkylation sites (tertiary alicyclic amines) is 1. The average Bonchev–Trinajstić information content (AvgIpc) is 3.04. The Balaban J connectivity index is 1.47. The summed E-state index contributed by atoms with van der Waals surface area (Å²) in [6.07, 6.45) is 2.15. The van der Waals surface area contributed by atoms with Crippen LogP contribution in [0.4, 0.5) is 0 Å². The van der Waals surface area contributed by atoms with Gasteiger partial charge in [-0.25, -0.2) is 0 Å². The highest BCUT2D eigenvalue weighted by Gasteiger charge is 2.40. The third kappa shape index (κ3) is 4.05. The number of fused-ring (bicyclic) bond motifs is 1. The second-order valence-electron chi connectivity index (χ2n) is 8.35. The summed E-state index contributed by atoms with van der Waals surface area (Å²) in [7, 11) is 1.61. The Kier molecular flexibility index (Phi) is 5.78. The van der Waals surface area contributed by atoms with Gasteiger partial charge in [-0.3, -0.25) is 19.3 Å². The number of hydrogen-bond acceptors (Lipinski definition) is 5. The normalized spacial score (nSPS) is 20.7. The summed E-state index contributed by atoms with van der Waals surface area (Å²) >= 11 is 0. The Bertz CT molecular complexity index is 986. The number of hydrogen-bond donors (Lipinski definition) is 1. The van der Waals surface area contributed by atoms with Gasteiger partial charge < -0.3 is 14.7 Å². The molecule has 1 saturated heterocycles. The first-order valence-corrected chi connectivity index (χ1v) is 10.4. The standard InChI is InChI=1S/C24H26N2O5/c1-31-18-7-4-6-17(12-18)13-24(16-27)10-5-11-25(15-24)21(28)14-26-22(29)19-8-2-3-9-20(19)23(26)30/h2-4,6-9,12,27H,5,10-11,13-16H2,1H3/t24-/m1/s1. The quantitative estimate of drug-likeness (QED) is 0.721. The minimum absolute atomic E-state index is 0.0546. The summed E-state index contributed by atoms with van der Waals surface area (Å²) in [5.74, 6) is -0.399. The van der Waals surface area contributed by atoms with Crippen LogP contribution in [0, 0.1) is 5.41 Å². The molecule has 0 saturated carbocycles. The van der Waals surface area contributed by atoms with Crippen LogP contribution in [0.25, 0.3) is 0 Å². The lowest BCUT2D eigenvalue weighted by Gasteiger charge is -2.42. The maximum atomic E-state index is 13.0. The van der Waals surface area contributed by atoms with Gasteiger partial charge in [-0.05, 0) is 49.1 Å². The smallest absolute Gasteiger partial charge is 0.262 e. The molecule has 3 amide bonds. The van der Waals surface area contributed by atoms with Crippen molar-refractivity contribution in [1.82, 2.24) is 9.80 Å². The molecule has 2 heterocycles. The van der Waals surface area contributed by atoms with Crippen molar-refractivity contribution in [2.75, 3.05) is 33.4 Å². The van der Waals surface area contributed by atoms with Crippen LogP contribution in [0.5, 0.6) is 5.75 Å². The van der Waals surface area contributed by atoms with Gasteiger partial charge in [-0.15, -0.1) is 0 Å². The lowest BCUT2D eigenvalue weighted by atomic mass is 9.75. The van der Waals surface area contributed by atoms with E-state index in [9.17, 15) is 19.5 Å². The second kappa shape index (κ2) is 8.51. The van der Waals surface area contributed by atoms with Gasteiger partial charge >= 0.3 is 0 Å². The molecule has 162 valence electrons. The van der Waals surface area contributed by atoms with Crippen molar-refractivity contribution < 1.29 is 24.2 Å². The zero-order chi connectivity index (χ0) is 22.0. The highest BCUT2D eigenvalue weighted by molar-refractivity contribution is 6.22. The van der Waals surface area contributed by atoms with Crippen LogP contribution < -0.4 is 4.74 Å². The van der Waals surface area contributed by atoms with E-state index in [-0.39, 0.29) is 19.1 Å². The van der Waals surface area contributed by atoms with Crippen LogP contribution in [-0.4, -0.2) is 66.0 Å². The van der Waals surface area contributed by atoms with Gasteiger partial charge in [0.1, 0.15) is 12.3 Å². The maximum absolute atomic E-state index is 13.0. The van der Waals surface area contributed by atoms with Gasteiger partial charge in [0.2, 0.25) is 5.91 Å². The number of ether oxygens (including phenoxy) is 1. The molecule has 0 aliphatic carbocycles. The Morgan fingerprint density at radius 2 is 1.81 bits per heavy atom. The number of rotatable bonds is 6. The molecule has 1 fully saturated rings. The SMILES string of the molecule is COc1cccc(C[C@]2(CO)CCCN(C(=O)CN3C(=O)c4ccccc4C3=O)C2)c1. The van der Waals surface area contributed by atoms with E-state index in [1.807, 2.05) is 24.3 Å². The van der Waals surface area contributed by atoms with Gasteiger partial charge in [-0.2, -0.15) is 0 Å². The molecule has 0 radical (unpaired) electrons. The molecule has 4 rings (SSSR count). The van der Waals surface area contributed by atoms with Gasteiger partial charge in [0.05, 0.1) is 24.8 Å². The van der Waals surface area contributed by atoms with E-state index >= 15 is 0 Å². The number of methoxy groups -OCH3 is 1. The van der Waals surface area contributed by atoms with Crippen molar-refractivity contribution >= 4 is 17.7 Å². The number of benzene rings is 2. The van der Waals surface area contributed by atoms with E-state index in [0.717, 1.165) is 29.1 Å². The fraction of sp³-hybridized carbons (Fsp3) is 0.375. The molecule has 0 unspecified atom stereocenters. The number of carbonyl (C=O) groups is 3. The number of nitrogens with zero attached hydrogens (tertiary/aromatic N) is 2. The Labute approximate surface area is 181 Å². The van der Waals surface area contributed by atoms with Gasteiger partial charge in [0.25, 0.3) is 11.8 Å². The van der Waals surface area contributed by atoms with Crippen LogP contribution in [0.1, 0.15) is 39.1 Å². The van der Waals surface area contributed by atoms with Crippen molar-refractivity contribution in [3.05, 3.63) is 65.2 Å². The van der Waals surface area contributed by atoms with Crippen molar-refractivity contribution in [3.8, 4) is 5.75 Å². The monoisotopic (exact) mass is 422 g/mol. The lowest BCUT2D eigenvalue weighted by molar-refractivity contribution is -0.135. The predicted octanol–water partition coefficient (Wildman–Crippen LogP) is 2.13. The third-order valence-electron chi connectivity index (χ3n) is 6.23. The summed E-state index contributed by atoms with van der Waals surface area (Å²) in [6.45, 7) is 0.582. The highest BCUT2D eigenvalue weighted by Crippen LogP contribution is 2.34. The van der Waals surface area contributed by atoms with Crippen LogP contribution >= 0.6 is 0 Å². The van der Waals surface area contributed by atoms with E-state index in [1.54, 1.807) is 36.3 Å². The molecule has 0 aromatic heterocycles. The first kappa shape index (κ1) is 21.1. The Morgan fingerprint density at radius 1 is 1.10 bits per heavy atom. The van der Waals surface area contributed by atoms with Crippen LogP contribution in [0.15, 0.2) is 48.5 Å². The molecular formula is C24H26N2O5. The first-order valence-electron chi connectivity index (χ1n) is 10.4. The summed E-state index contributed by atoms with van der Waals surface area (Å²) in [5.41, 5.74) is 1.23. The third-order valence-corrected chi connectivity index (χ3v) is 6.23. The molecule has 1 atom stereocenters. The molecule has 0 spiro atoms. The highest BCUT2D eigenvalue weighted by atomic mass is 16.5. The van der Waals surface area contributed by atoms with E-state index in [4.69, 9.17) is 4.74 Å². The minimum atomic E-state index is -0.470. The van der Waals surface area contributed by atoms with Gasteiger partial charge in [0, 0.05) is 18.5 Å². The predicted molar refractivity (Wildman–Crippen MR) is 114 cm³/mol. The molecule has 2 aliphatic rings. The summed E-state index contributed by atoms with van der Waals surface area (Å²) in [5, 5.41) is 10.2. The topological polar surface area (TPSA) is 87.2 Å². The molecule has 2 aliphatic heterocycles. The van der Waals surface area contributed by atoms with E-state index in [2.05, 4.69) is 0 Å². The second-order valence-corrected chi connectivity index (χ2v) is 8.35. The van der Waals surface area contributed by atoms with E-state index < -0.39 is 17.2 Å². The maximum Gasteiger partial charge on any atom is 0.262 e. The molecule has 2 aromatic rings. The van der Waals surface area contributed by atoms with Crippen LogP contribution in [-0.2, 0) is 11.2 Å². The number of carbonyl (C=O) groups excluding carboxylic acids is 3. The van der Waals surface area contributed by atoms with Crippen molar-refractivity contribution in [2.24, 2.45) is 5.41 Å². The van der Waals surface area contributed by atoms with Crippen molar-refractivity contribution in [3.63, 3.8) is 0 Å². The summed E-state index contributed by atoms with van der Waals surface area (Å²) in [6, 6.07) is 14.3. The summed E-state index contributed by atoms with van der Waals surface area (Å²) < 4.78 is 5.29. The molecule has 1 N–H and O–H groups in total. The zero-order valence-corrected chi connectivity index (χ0v) is 17.5.